The van der Waals surface area contributed by atoms with Gasteiger partial charge in [-0.2, -0.15) is 11.8 Å². The fourth-order valence-electron chi connectivity index (χ4n) is 6.96. The van der Waals surface area contributed by atoms with E-state index in [9.17, 15) is 28.8 Å². The van der Waals surface area contributed by atoms with E-state index in [2.05, 4.69) is 22.9 Å². The van der Waals surface area contributed by atoms with Crippen LogP contribution in [0.15, 0.2) is 0 Å². The van der Waals surface area contributed by atoms with Crippen LogP contribution >= 0.6 is 11.8 Å². The summed E-state index contributed by atoms with van der Waals surface area (Å²) in [6.07, 6.45) is 17.0. The smallest absolute Gasteiger partial charge is 0.315 e. The Kier molecular flexibility index (Phi) is 28.7. The van der Waals surface area contributed by atoms with Crippen molar-refractivity contribution in [2.75, 3.05) is 52.5 Å². The van der Waals surface area contributed by atoms with Crippen molar-refractivity contribution in [2.45, 2.75) is 178 Å². The summed E-state index contributed by atoms with van der Waals surface area (Å²) in [5.74, 6) is 0.886. The second-order valence-corrected chi connectivity index (χ2v) is 16.4. The molecule has 3 N–H and O–H groups in total. The Morgan fingerprint density at radius 1 is 0.661 bits per heavy atom. The molecule has 3 amide bonds. The Labute approximate surface area is 340 Å². The van der Waals surface area contributed by atoms with E-state index in [1.165, 1.54) is 13.5 Å². The molecule has 0 aromatic rings. The van der Waals surface area contributed by atoms with Crippen LogP contribution in [0.4, 0.5) is 4.79 Å². The Hall–Kier alpha value is -2.55. The maximum absolute atomic E-state index is 12.9. The van der Waals surface area contributed by atoms with E-state index in [-0.39, 0.29) is 49.1 Å². The minimum atomic E-state index is -0.723. The van der Waals surface area contributed by atoms with Gasteiger partial charge in [-0.1, -0.05) is 45.4 Å². The molecule has 2 fully saturated rings. The molecular formula is C42H73N3O10S. The van der Waals surface area contributed by atoms with Crippen molar-refractivity contribution < 1.29 is 47.7 Å². The molecule has 2 rings (SSSR count). The Balaban J connectivity index is 1.39. The van der Waals surface area contributed by atoms with Crippen LogP contribution in [0.5, 0.6) is 0 Å². The molecule has 0 aromatic carbocycles. The average molecular weight is 812 g/mol. The number of thioether (sulfide) groups is 1. The first-order valence-corrected chi connectivity index (χ1v) is 22.6. The average Bonchev–Trinajstić information content (AvgIpc) is 3.75. The number of ketones is 3. The second kappa shape index (κ2) is 32.4. The molecule has 2 aliphatic heterocycles. The largest absolute Gasteiger partial charge is 0.469 e. The topological polar surface area (TPSA) is 175 Å². The highest BCUT2D eigenvalue weighted by Gasteiger charge is 2.42. The molecule has 0 bridgehead atoms. The number of Topliss-reactive ketones (excluding diaryl/α,β-unsaturated/α-hetero) is 3. The number of fused-ring (bicyclic) bond motifs is 1. The summed E-state index contributed by atoms with van der Waals surface area (Å²) in [5.41, 5.74) is 0. The lowest BCUT2D eigenvalue weighted by Gasteiger charge is -2.17. The number of hydrogen-bond acceptors (Lipinski definition) is 11. The number of amides is 3. The summed E-state index contributed by atoms with van der Waals surface area (Å²) in [7, 11) is 1.30. The van der Waals surface area contributed by atoms with Gasteiger partial charge in [-0.3, -0.25) is 24.0 Å². The molecule has 0 aromatic heterocycles. The highest BCUT2D eigenvalue weighted by Crippen LogP contribution is 2.33. The normalized spacial score (nSPS) is 17.9. The van der Waals surface area contributed by atoms with Crippen LogP contribution in [0.25, 0.3) is 0 Å². The Bertz CT molecular complexity index is 1140. The summed E-state index contributed by atoms with van der Waals surface area (Å²) in [6.45, 7) is 5.10. The van der Waals surface area contributed by atoms with Gasteiger partial charge >= 0.3 is 12.0 Å². The molecule has 0 spiro atoms. The fraction of sp³-hybridized carbons (Fsp3) is 0.857. The molecule has 0 saturated carbocycles. The number of rotatable bonds is 38. The first-order chi connectivity index (χ1) is 27.2. The van der Waals surface area contributed by atoms with Gasteiger partial charge < -0.3 is 34.9 Å². The van der Waals surface area contributed by atoms with E-state index in [0.717, 1.165) is 76.4 Å². The number of ether oxygens (including phenoxy) is 4. The van der Waals surface area contributed by atoms with Gasteiger partial charge in [0, 0.05) is 69.2 Å². The van der Waals surface area contributed by atoms with Crippen molar-refractivity contribution in [3.05, 3.63) is 0 Å². The third kappa shape index (κ3) is 24.3. The Morgan fingerprint density at radius 3 is 1.80 bits per heavy atom. The number of esters is 1. The number of methoxy groups -OCH3 is 1. The van der Waals surface area contributed by atoms with E-state index in [1.54, 1.807) is 0 Å². The zero-order valence-corrected chi connectivity index (χ0v) is 35.3. The Morgan fingerprint density at radius 2 is 1.20 bits per heavy atom. The molecule has 2 saturated heterocycles. The maximum atomic E-state index is 12.9. The molecule has 0 radical (unpaired) electrons. The van der Waals surface area contributed by atoms with Crippen molar-refractivity contribution in [1.82, 2.24) is 16.0 Å². The van der Waals surface area contributed by atoms with Crippen molar-refractivity contribution in [3.8, 4) is 0 Å². The zero-order valence-electron chi connectivity index (χ0n) is 34.5. The molecule has 0 aliphatic carbocycles. The third-order valence-corrected chi connectivity index (χ3v) is 11.8. The summed E-state index contributed by atoms with van der Waals surface area (Å²) in [6, 6.07) is -0.305. The first-order valence-electron chi connectivity index (χ1n) is 21.6. The molecule has 56 heavy (non-hydrogen) atoms. The van der Waals surface area contributed by atoms with Crippen LogP contribution < -0.4 is 16.0 Å². The zero-order chi connectivity index (χ0) is 40.6. The van der Waals surface area contributed by atoms with E-state index in [4.69, 9.17) is 18.9 Å². The van der Waals surface area contributed by atoms with E-state index in [1.807, 2.05) is 11.8 Å². The maximum Gasteiger partial charge on any atom is 0.315 e. The number of unbranched alkanes of at least 4 members (excludes halogenated alkanes) is 9. The van der Waals surface area contributed by atoms with Gasteiger partial charge in [0.05, 0.1) is 51.7 Å². The summed E-state index contributed by atoms with van der Waals surface area (Å²) in [5, 5.41) is 9.26. The van der Waals surface area contributed by atoms with Crippen molar-refractivity contribution in [3.63, 3.8) is 0 Å². The molecule has 4 atom stereocenters. The number of nitrogens with one attached hydrogen (secondary N) is 3. The molecule has 14 heteroatoms. The van der Waals surface area contributed by atoms with Gasteiger partial charge in [0.1, 0.15) is 11.6 Å². The van der Waals surface area contributed by atoms with Gasteiger partial charge in [-0.05, 0) is 64.2 Å². The molecule has 13 nitrogen and oxygen atoms in total. The van der Waals surface area contributed by atoms with Crippen LogP contribution in [0.3, 0.4) is 0 Å². The van der Waals surface area contributed by atoms with Gasteiger partial charge in [-0.15, -0.1) is 0 Å². The molecular weight excluding hydrogens is 739 g/mol. The van der Waals surface area contributed by atoms with Crippen molar-refractivity contribution in [2.24, 2.45) is 0 Å². The van der Waals surface area contributed by atoms with Crippen molar-refractivity contribution >= 4 is 47.0 Å². The monoisotopic (exact) mass is 812 g/mol. The van der Waals surface area contributed by atoms with Crippen LogP contribution in [0.1, 0.15) is 155 Å². The van der Waals surface area contributed by atoms with Gasteiger partial charge in [0.2, 0.25) is 5.91 Å². The van der Waals surface area contributed by atoms with Gasteiger partial charge in [0.25, 0.3) is 0 Å². The van der Waals surface area contributed by atoms with Gasteiger partial charge in [-0.25, -0.2) is 4.79 Å². The van der Waals surface area contributed by atoms with Crippen LogP contribution in [0.2, 0.25) is 0 Å². The minimum Gasteiger partial charge on any atom is -0.469 e. The number of hydrogen-bond donors (Lipinski definition) is 3. The standard InChI is InChI=1S/C42H73N3O10S/c1-3-4-5-8-17-33(46)18-9-6-7-10-23-39(49)43-35(24-25-40(50)52-2)37(48)21-14-16-27-54-29-31-55-30-28-53-26-15-13-20-34(47)19-11-12-22-38-41-36(32-56-38)44-42(51)45-41/h35-36,38,41H,3-32H2,1-2H3,(H,43,49)(H2,44,45,51)/t35-,36-,38-,41-/m0/s1. The van der Waals surface area contributed by atoms with Crippen LogP contribution in [-0.2, 0) is 42.9 Å². The molecule has 322 valence electrons. The lowest BCUT2D eigenvalue weighted by molar-refractivity contribution is -0.141. The molecule has 0 unspecified atom stereocenters. The van der Waals surface area contributed by atoms with Crippen molar-refractivity contribution in [1.29, 1.82) is 0 Å². The minimum absolute atomic E-state index is 0.0552. The lowest BCUT2D eigenvalue weighted by atomic mass is 10.0. The van der Waals surface area contributed by atoms with Crippen LogP contribution in [-0.4, -0.2) is 111 Å². The highest BCUT2D eigenvalue weighted by atomic mass is 32.2. The highest BCUT2D eigenvalue weighted by molar-refractivity contribution is 8.00. The predicted octanol–water partition coefficient (Wildman–Crippen LogP) is 6.56. The SMILES string of the molecule is CCCCCCC(=O)CCCCCCC(=O)N[C@@H](CCC(=O)OC)C(=O)CCCCOCCOCCOCCCCC(=O)CCCC[C@@H]1SC[C@@H]2NC(=O)N[C@@H]21. The number of urea groups is 1. The van der Waals surface area contributed by atoms with E-state index >= 15 is 0 Å². The number of carbonyl (C=O) groups is 6. The summed E-state index contributed by atoms with van der Waals surface area (Å²) in [4.78, 5) is 73.0. The molecule has 2 aliphatic rings. The van der Waals surface area contributed by atoms with E-state index < -0.39 is 12.0 Å². The fourth-order valence-corrected chi connectivity index (χ4v) is 8.50. The molecule has 2 heterocycles. The summed E-state index contributed by atoms with van der Waals surface area (Å²) < 4.78 is 21.5. The summed E-state index contributed by atoms with van der Waals surface area (Å²) >= 11 is 1.91. The van der Waals surface area contributed by atoms with E-state index in [0.29, 0.717) is 108 Å². The second-order valence-electron chi connectivity index (χ2n) is 15.1. The predicted molar refractivity (Wildman–Crippen MR) is 219 cm³/mol. The van der Waals surface area contributed by atoms with Gasteiger partial charge in [0.15, 0.2) is 5.78 Å². The number of carbonyl (C=O) groups excluding carboxylic acids is 6. The third-order valence-electron chi connectivity index (χ3n) is 10.3. The lowest BCUT2D eigenvalue weighted by Crippen LogP contribution is -2.41. The first kappa shape index (κ1) is 49.6. The van der Waals surface area contributed by atoms with Crippen LogP contribution in [0, 0.1) is 0 Å². The quantitative estimate of drug-likeness (QED) is 0.0350.